The van der Waals surface area contributed by atoms with Gasteiger partial charge in [-0.05, 0) is 49.7 Å². The minimum Gasteiger partial charge on any atom is -0.219 e. The first kappa shape index (κ1) is 15.3. The van der Waals surface area contributed by atoms with Gasteiger partial charge in [0.15, 0.2) is 0 Å². The van der Waals surface area contributed by atoms with Gasteiger partial charge in [0.2, 0.25) is 9.84 Å². The molecule has 0 saturated carbocycles. The van der Waals surface area contributed by atoms with Gasteiger partial charge in [-0.15, -0.1) is 0 Å². The van der Waals surface area contributed by atoms with E-state index < -0.39 is 9.84 Å². The van der Waals surface area contributed by atoms with Gasteiger partial charge < -0.3 is 0 Å². The molecule has 0 fully saturated rings. The smallest absolute Gasteiger partial charge is 0.202 e. The fraction of sp³-hybridized carbons (Fsp3) is 0.529. The minimum atomic E-state index is -3.29. The normalized spacial score (nSPS) is 20.6. The predicted molar refractivity (Wildman–Crippen MR) is 83.2 cm³/mol. The van der Waals surface area contributed by atoms with Crippen LogP contribution in [0.15, 0.2) is 40.1 Å². The highest BCUT2D eigenvalue weighted by Crippen LogP contribution is 2.39. The molecule has 0 N–H and O–H groups in total. The molecule has 1 aromatic rings. The molecule has 0 saturated heterocycles. The van der Waals surface area contributed by atoms with Gasteiger partial charge in [-0.25, -0.2) is 8.42 Å². The summed E-state index contributed by atoms with van der Waals surface area (Å²) < 4.78 is 25.2. The van der Waals surface area contributed by atoms with E-state index in [1.165, 1.54) is 0 Å². The van der Waals surface area contributed by atoms with Gasteiger partial charge in [-0.1, -0.05) is 44.5 Å². The Morgan fingerprint density at radius 1 is 1.10 bits per heavy atom. The van der Waals surface area contributed by atoms with Crippen LogP contribution in [-0.4, -0.2) is 8.42 Å². The van der Waals surface area contributed by atoms with Crippen LogP contribution in [0.2, 0.25) is 0 Å². The second kappa shape index (κ2) is 5.36. The maximum atomic E-state index is 12.6. The van der Waals surface area contributed by atoms with Crippen LogP contribution in [0.3, 0.4) is 0 Å². The minimum absolute atomic E-state index is 0.246. The van der Waals surface area contributed by atoms with Crippen LogP contribution in [-0.2, 0) is 9.84 Å². The van der Waals surface area contributed by atoms with Crippen LogP contribution in [0.4, 0.5) is 0 Å². The molecule has 0 unspecified atom stereocenters. The Labute approximate surface area is 122 Å². The molecule has 0 aliphatic heterocycles. The second-order valence-corrected chi connectivity index (χ2v) is 8.83. The van der Waals surface area contributed by atoms with Crippen molar-refractivity contribution in [3.05, 3.63) is 40.8 Å². The number of benzene rings is 1. The molecular formula is C17H24O2S. The van der Waals surface area contributed by atoms with E-state index in [9.17, 15) is 8.42 Å². The summed E-state index contributed by atoms with van der Waals surface area (Å²) in [6.45, 7) is 8.64. The molecule has 0 bridgehead atoms. The van der Waals surface area contributed by atoms with E-state index in [1.807, 2.05) is 25.1 Å². The lowest BCUT2D eigenvalue weighted by Gasteiger charge is -2.33. The van der Waals surface area contributed by atoms with Gasteiger partial charge >= 0.3 is 0 Å². The Morgan fingerprint density at radius 3 is 2.15 bits per heavy atom. The molecular weight excluding hydrogens is 268 g/mol. The SMILES string of the molecule is Cc1ccc(S(=O)(=O)C2=CC[C@@H](C(C)(C)C)CC2)cc1. The topological polar surface area (TPSA) is 34.1 Å². The molecule has 1 atom stereocenters. The molecule has 2 rings (SSSR count). The zero-order valence-electron chi connectivity index (χ0n) is 12.8. The summed E-state index contributed by atoms with van der Waals surface area (Å²) in [5.41, 5.74) is 1.32. The van der Waals surface area contributed by atoms with Gasteiger partial charge in [0, 0.05) is 4.91 Å². The first-order valence-electron chi connectivity index (χ1n) is 7.22. The second-order valence-electron chi connectivity index (χ2n) is 6.82. The fourth-order valence-corrected chi connectivity index (χ4v) is 4.21. The number of hydrogen-bond acceptors (Lipinski definition) is 2. The number of rotatable bonds is 2. The predicted octanol–water partition coefficient (Wildman–Crippen LogP) is 4.50. The maximum absolute atomic E-state index is 12.6. The average molecular weight is 292 g/mol. The van der Waals surface area contributed by atoms with Crippen molar-refractivity contribution in [3.8, 4) is 0 Å². The fourth-order valence-electron chi connectivity index (χ4n) is 2.71. The van der Waals surface area contributed by atoms with Crippen LogP contribution in [0.5, 0.6) is 0 Å². The van der Waals surface area contributed by atoms with Crippen LogP contribution in [0.1, 0.15) is 45.6 Å². The van der Waals surface area contributed by atoms with Crippen molar-refractivity contribution in [3.63, 3.8) is 0 Å². The van der Waals surface area contributed by atoms with Crippen molar-refractivity contribution >= 4 is 9.84 Å². The van der Waals surface area contributed by atoms with E-state index >= 15 is 0 Å². The van der Waals surface area contributed by atoms with Crippen molar-refractivity contribution < 1.29 is 8.42 Å². The first-order valence-corrected chi connectivity index (χ1v) is 8.70. The van der Waals surface area contributed by atoms with Crippen molar-refractivity contribution in [2.24, 2.45) is 11.3 Å². The van der Waals surface area contributed by atoms with Gasteiger partial charge in [0.05, 0.1) is 4.90 Å². The summed E-state index contributed by atoms with van der Waals surface area (Å²) in [7, 11) is -3.29. The van der Waals surface area contributed by atoms with E-state index in [4.69, 9.17) is 0 Å². The lowest BCUT2D eigenvalue weighted by Crippen LogP contribution is -2.23. The summed E-state index contributed by atoms with van der Waals surface area (Å²) in [6.07, 6.45) is 4.43. The molecule has 1 aromatic carbocycles. The maximum Gasteiger partial charge on any atom is 0.202 e. The van der Waals surface area contributed by atoms with Crippen molar-refractivity contribution in [2.75, 3.05) is 0 Å². The summed E-state index contributed by atoms with van der Waals surface area (Å²) in [5, 5.41) is 0. The van der Waals surface area contributed by atoms with Crippen LogP contribution in [0.25, 0.3) is 0 Å². The molecule has 2 nitrogen and oxygen atoms in total. The molecule has 0 aromatic heterocycles. The quantitative estimate of drug-likeness (QED) is 0.804. The first-order chi connectivity index (χ1) is 9.21. The van der Waals surface area contributed by atoms with E-state index in [-0.39, 0.29) is 5.41 Å². The molecule has 110 valence electrons. The third-order valence-electron chi connectivity index (χ3n) is 4.27. The highest BCUT2D eigenvalue weighted by Gasteiger charge is 2.30. The Balaban J connectivity index is 2.24. The zero-order chi connectivity index (χ0) is 15.0. The molecule has 1 aliphatic carbocycles. The Morgan fingerprint density at radius 2 is 1.70 bits per heavy atom. The van der Waals surface area contributed by atoms with E-state index in [2.05, 4.69) is 20.8 Å². The van der Waals surface area contributed by atoms with E-state index in [1.54, 1.807) is 12.1 Å². The summed E-state index contributed by atoms with van der Waals surface area (Å²) in [5.74, 6) is 0.569. The lowest BCUT2D eigenvalue weighted by molar-refractivity contribution is 0.222. The lowest BCUT2D eigenvalue weighted by atomic mass is 9.74. The third-order valence-corrected chi connectivity index (χ3v) is 6.22. The standard InChI is InChI=1S/C17H24O2S/c1-13-5-9-15(10-6-13)20(18,19)16-11-7-14(8-12-16)17(2,3)4/h5-6,9-11,14H,7-8,12H2,1-4H3/t14-/m1/s1. The van der Waals surface area contributed by atoms with Gasteiger partial charge in [0.25, 0.3) is 0 Å². The Bertz CT molecular complexity index is 601. The van der Waals surface area contributed by atoms with E-state index in [0.717, 1.165) is 18.4 Å². The van der Waals surface area contributed by atoms with E-state index in [0.29, 0.717) is 22.1 Å². The van der Waals surface area contributed by atoms with Crippen LogP contribution in [0, 0.1) is 18.3 Å². The number of sulfone groups is 1. The summed E-state index contributed by atoms with van der Waals surface area (Å²) in [6, 6.07) is 7.13. The molecule has 0 spiro atoms. The monoisotopic (exact) mass is 292 g/mol. The number of aryl methyl sites for hydroxylation is 1. The van der Waals surface area contributed by atoms with Crippen LogP contribution < -0.4 is 0 Å². The largest absolute Gasteiger partial charge is 0.219 e. The number of hydrogen-bond donors (Lipinski definition) is 0. The van der Waals surface area contributed by atoms with Gasteiger partial charge in [0.1, 0.15) is 0 Å². The van der Waals surface area contributed by atoms with Crippen molar-refractivity contribution in [1.82, 2.24) is 0 Å². The van der Waals surface area contributed by atoms with Gasteiger partial charge in [-0.2, -0.15) is 0 Å². The Hall–Kier alpha value is -1.09. The molecule has 0 heterocycles. The highest BCUT2D eigenvalue weighted by atomic mass is 32.2. The van der Waals surface area contributed by atoms with Crippen LogP contribution >= 0.6 is 0 Å². The molecule has 20 heavy (non-hydrogen) atoms. The highest BCUT2D eigenvalue weighted by molar-refractivity contribution is 7.95. The summed E-state index contributed by atoms with van der Waals surface area (Å²) >= 11 is 0. The third kappa shape index (κ3) is 3.14. The van der Waals surface area contributed by atoms with Crippen molar-refractivity contribution in [1.29, 1.82) is 0 Å². The molecule has 3 heteroatoms. The summed E-state index contributed by atoms with van der Waals surface area (Å²) in [4.78, 5) is 1.02. The Kier molecular flexibility index (Phi) is 4.10. The molecule has 1 aliphatic rings. The number of allylic oxidation sites excluding steroid dienone is 2. The molecule has 0 amide bonds. The molecule has 0 radical (unpaired) electrons. The average Bonchev–Trinajstić information content (AvgIpc) is 2.38. The van der Waals surface area contributed by atoms with Gasteiger partial charge in [-0.3, -0.25) is 0 Å². The zero-order valence-corrected chi connectivity index (χ0v) is 13.6. The van der Waals surface area contributed by atoms with Crippen molar-refractivity contribution in [2.45, 2.75) is 51.9 Å².